The summed E-state index contributed by atoms with van der Waals surface area (Å²) in [6.45, 7) is 2.34. The smallest absolute Gasteiger partial charge is 0.141 e. The van der Waals surface area contributed by atoms with Crippen molar-refractivity contribution in [3.05, 3.63) is 46.8 Å². The zero-order valence-electron chi connectivity index (χ0n) is 16.9. The van der Waals surface area contributed by atoms with Crippen LogP contribution < -0.4 is 0 Å². The molecule has 0 N–H and O–H groups in total. The normalized spacial score (nSPS) is 25.7. The van der Waals surface area contributed by atoms with Crippen LogP contribution in [0.1, 0.15) is 88.7 Å². The Bertz CT molecular complexity index is 676. The third kappa shape index (κ3) is 5.93. The van der Waals surface area contributed by atoms with Gasteiger partial charge in [-0.25, -0.2) is 4.39 Å². The molecule has 27 heavy (non-hydrogen) atoms. The monoisotopic (exact) mass is 367 g/mol. The van der Waals surface area contributed by atoms with E-state index in [0.717, 1.165) is 36.2 Å². The molecule has 1 aromatic rings. The van der Waals surface area contributed by atoms with Crippen LogP contribution in [0.3, 0.4) is 0 Å². The Kier molecular flexibility index (Phi) is 7.50. The van der Waals surface area contributed by atoms with Gasteiger partial charge in [0.15, 0.2) is 0 Å². The van der Waals surface area contributed by atoms with Crippen LogP contribution >= 0.6 is 0 Å². The van der Waals surface area contributed by atoms with Gasteiger partial charge in [-0.2, -0.15) is 5.26 Å². The maximum absolute atomic E-state index is 13.7. The zero-order valence-corrected chi connectivity index (χ0v) is 16.9. The lowest BCUT2D eigenvalue weighted by atomic mass is 9.76. The molecule has 1 aromatic carbocycles. The van der Waals surface area contributed by atoms with Crippen molar-refractivity contribution in [2.24, 2.45) is 17.8 Å². The molecule has 146 valence electrons. The fraction of sp³-hybridized carbons (Fsp3) is 0.640. The lowest BCUT2D eigenvalue weighted by Crippen LogP contribution is -2.15. The van der Waals surface area contributed by atoms with Gasteiger partial charge in [0, 0.05) is 0 Å². The van der Waals surface area contributed by atoms with Crippen molar-refractivity contribution in [3.63, 3.8) is 0 Å². The predicted octanol–water partition coefficient (Wildman–Crippen LogP) is 7.35. The summed E-state index contributed by atoms with van der Waals surface area (Å²) in [5, 5.41) is 8.82. The van der Waals surface area contributed by atoms with E-state index in [1.54, 1.807) is 11.6 Å². The quantitative estimate of drug-likeness (QED) is 0.462. The molecule has 1 atom stereocenters. The van der Waals surface area contributed by atoms with Crippen LogP contribution in [0, 0.1) is 34.9 Å². The first-order valence-corrected chi connectivity index (χ1v) is 11.0. The van der Waals surface area contributed by atoms with Crippen LogP contribution in [0.15, 0.2) is 29.8 Å². The summed E-state index contributed by atoms with van der Waals surface area (Å²) >= 11 is 0. The molecule has 2 aliphatic rings. The van der Waals surface area contributed by atoms with E-state index in [0.29, 0.717) is 0 Å². The first kappa shape index (κ1) is 20.1. The maximum atomic E-state index is 13.7. The summed E-state index contributed by atoms with van der Waals surface area (Å²) in [5.74, 6) is 2.49. The summed E-state index contributed by atoms with van der Waals surface area (Å²) in [7, 11) is 0. The van der Waals surface area contributed by atoms with Crippen LogP contribution in [-0.2, 0) is 6.42 Å². The van der Waals surface area contributed by atoms with Crippen LogP contribution in [0.5, 0.6) is 0 Å². The highest BCUT2D eigenvalue weighted by molar-refractivity contribution is 5.33. The lowest BCUT2D eigenvalue weighted by molar-refractivity contribution is 0.241. The molecule has 3 rings (SSSR count). The number of hydrogen-bond acceptors (Lipinski definition) is 1. The average molecular weight is 368 g/mol. The second kappa shape index (κ2) is 10.1. The number of nitriles is 1. The maximum Gasteiger partial charge on any atom is 0.141 e. The molecule has 0 radical (unpaired) electrons. The molecular weight excluding hydrogens is 333 g/mol. The highest BCUT2D eigenvalue weighted by atomic mass is 19.1. The van der Waals surface area contributed by atoms with Crippen LogP contribution in [0.25, 0.3) is 0 Å². The average Bonchev–Trinajstić information content (AvgIpc) is 2.72. The van der Waals surface area contributed by atoms with E-state index < -0.39 is 0 Å². The van der Waals surface area contributed by atoms with Gasteiger partial charge in [-0.1, -0.05) is 63.2 Å². The molecule has 1 unspecified atom stereocenters. The molecule has 0 bridgehead atoms. The standard InChI is InChI=1S/C25H34FN/c1-2-19-3-5-20(6-4-19)7-8-21-9-11-22(12-10-21)13-14-23-15-16-24(18-27)25(26)17-23/h11,15-17,19-21H,2-10,12-14H2,1H3. The Balaban J connectivity index is 1.37. The Morgan fingerprint density at radius 2 is 1.74 bits per heavy atom. The second-order valence-corrected chi connectivity index (χ2v) is 8.80. The fourth-order valence-corrected chi connectivity index (χ4v) is 4.94. The summed E-state index contributed by atoms with van der Waals surface area (Å²) in [6, 6.07) is 6.90. The second-order valence-electron chi connectivity index (χ2n) is 8.80. The third-order valence-electron chi connectivity index (χ3n) is 7.03. The highest BCUT2D eigenvalue weighted by Gasteiger charge is 2.22. The Morgan fingerprint density at radius 3 is 2.37 bits per heavy atom. The van der Waals surface area contributed by atoms with E-state index in [1.165, 1.54) is 70.3 Å². The van der Waals surface area contributed by atoms with Gasteiger partial charge in [-0.15, -0.1) is 0 Å². The van der Waals surface area contributed by atoms with Crippen molar-refractivity contribution in [3.8, 4) is 6.07 Å². The number of benzene rings is 1. The van der Waals surface area contributed by atoms with Gasteiger partial charge >= 0.3 is 0 Å². The molecule has 1 nitrogen and oxygen atoms in total. The van der Waals surface area contributed by atoms with E-state index in [-0.39, 0.29) is 11.4 Å². The van der Waals surface area contributed by atoms with Crippen LogP contribution in [-0.4, -0.2) is 0 Å². The van der Waals surface area contributed by atoms with Crippen molar-refractivity contribution in [1.82, 2.24) is 0 Å². The molecule has 0 amide bonds. The van der Waals surface area contributed by atoms with Crippen molar-refractivity contribution in [1.29, 1.82) is 5.26 Å². The molecule has 0 aromatic heterocycles. The first-order chi connectivity index (χ1) is 13.2. The van der Waals surface area contributed by atoms with Crippen LogP contribution in [0.2, 0.25) is 0 Å². The number of rotatable bonds is 7. The van der Waals surface area contributed by atoms with Gasteiger partial charge in [-0.3, -0.25) is 0 Å². The molecular formula is C25H34FN. The third-order valence-corrected chi connectivity index (χ3v) is 7.03. The van der Waals surface area contributed by atoms with Crippen molar-refractivity contribution in [2.75, 3.05) is 0 Å². The largest absolute Gasteiger partial charge is 0.206 e. The van der Waals surface area contributed by atoms with Gasteiger partial charge < -0.3 is 0 Å². The molecule has 0 aliphatic heterocycles. The van der Waals surface area contributed by atoms with Crippen molar-refractivity contribution < 1.29 is 4.39 Å². The summed E-state index contributed by atoms with van der Waals surface area (Å²) in [6.07, 6.45) is 18.2. The van der Waals surface area contributed by atoms with E-state index in [1.807, 2.05) is 12.1 Å². The molecule has 0 heterocycles. The Labute approximate surface area is 164 Å². The minimum absolute atomic E-state index is 0.140. The van der Waals surface area contributed by atoms with Crippen molar-refractivity contribution >= 4 is 0 Å². The fourth-order valence-electron chi connectivity index (χ4n) is 4.94. The number of allylic oxidation sites excluding steroid dienone is 2. The zero-order chi connectivity index (χ0) is 19.1. The summed E-state index contributed by atoms with van der Waals surface area (Å²) in [4.78, 5) is 0. The van der Waals surface area contributed by atoms with Crippen molar-refractivity contribution in [2.45, 2.75) is 84.0 Å². The van der Waals surface area contributed by atoms with Crippen LogP contribution in [0.4, 0.5) is 4.39 Å². The Morgan fingerprint density at radius 1 is 1.00 bits per heavy atom. The van der Waals surface area contributed by atoms with E-state index in [2.05, 4.69) is 13.0 Å². The summed E-state index contributed by atoms with van der Waals surface area (Å²) < 4.78 is 13.7. The van der Waals surface area contributed by atoms with Gasteiger partial charge in [0.2, 0.25) is 0 Å². The molecule has 2 heteroatoms. The lowest BCUT2D eigenvalue weighted by Gasteiger charge is -2.29. The molecule has 2 aliphatic carbocycles. The minimum atomic E-state index is -0.388. The number of aryl methyl sites for hydroxylation is 1. The van der Waals surface area contributed by atoms with Gasteiger partial charge in [0.1, 0.15) is 11.9 Å². The summed E-state index contributed by atoms with van der Waals surface area (Å²) in [5.41, 5.74) is 2.68. The highest BCUT2D eigenvalue weighted by Crippen LogP contribution is 2.36. The minimum Gasteiger partial charge on any atom is -0.206 e. The van der Waals surface area contributed by atoms with Gasteiger partial charge in [0.05, 0.1) is 5.56 Å². The first-order valence-electron chi connectivity index (χ1n) is 11.0. The number of halogens is 1. The molecule has 0 saturated heterocycles. The predicted molar refractivity (Wildman–Crippen MR) is 110 cm³/mol. The van der Waals surface area contributed by atoms with Gasteiger partial charge in [-0.05, 0) is 74.0 Å². The topological polar surface area (TPSA) is 23.8 Å². The van der Waals surface area contributed by atoms with E-state index in [4.69, 9.17) is 5.26 Å². The molecule has 1 fully saturated rings. The SMILES string of the molecule is CCC1CCC(CCC2CC=C(CCc3ccc(C#N)c(F)c3)CC2)CC1. The number of nitrogens with zero attached hydrogens (tertiary/aromatic N) is 1. The van der Waals surface area contributed by atoms with E-state index in [9.17, 15) is 4.39 Å². The number of hydrogen-bond donors (Lipinski definition) is 0. The molecule has 0 spiro atoms. The van der Waals surface area contributed by atoms with Gasteiger partial charge in [0.25, 0.3) is 0 Å². The van der Waals surface area contributed by atoms with E-state index >= 15 is 0 Å². The Hall–Kier alpha value is -1.62. The molecule has 1 saturated carbocycles.